The summed E-state index contributed by atoms with van der Waals surface area (Å²) in [6.07, 6.45) is 1.85. The molecule has 3 rings (SSSR count). The molecule has 6 heteroatoms. The highest BCUT2D eigenvalue weighted by molar-refractivity contribution is 5.90. The van der Waals surface area contributed by atoms with Gasteiger partial charge in [0.2, 0.25) is 0 Å². The van der Waals surface area contributed by atoms with Crippen LogP contribution in [0.3, 0.4) is 0 Å². The van der Waals surface area contributed by atoms with Crippen molar-refractivity contribution in [1.82, 2.24) is 0 Å². The third-order valence-electron chi connectivity index (χ3n) is 4.02. The van der Waals surface area contributed by atoms with Gasteiger partial charge >= 0.3 is 5.97 Å². The van der Waals surface area contributed by atoms with Crippen LogP contribution in [0.4, 0.5) is 10.1 Å². The highest BCUT2D eigenvalue weighted by Crippen LogP contribution is 2.34. The largest absolute Gasteiger partial charge is 0.459 e. The molecule has 2 saturated heterocycles. The van der Waals surface area contributed by atoms with E-state index in [-0.39, 0.29) is 23.0 Å². The zero-order valence-corrected chi connectivity index (χ0v) is 11.6. The smallest absolute Gasteiger partial charge is 0.338 e. The Hall–Kier alpha value is -1.66. The molecule has 2 fully saturated rings. The number of benzene rings is 1. The third-order valence-corrected chi connectivity index (χ3v) is 4.02. The Labute approximate surface area is 122 Å². The number of carbonyl (C=O) groups excluding carboxylic acids is 1. The summed E-state index contributed by atoms with van der Waals surface area (Å²) in [5.41, 5.74) is 5.26. The average molecular weight is 295 g/mol. The van der Waals surface area contributed by atoms with Crippen LogP contribution in [-0.4, -0.2) is 37.5 Å². The minimum atomic E-state index is -0.614. The van der Waals surface area contributed by atoms with E-state index >= 15 is 0 Å². The molecule has 2 aliphatic heterocycles. The Morgan fingerprint density at radius 1 is 1.43 bits per heavy atom. The number of nitrogens with two attached hydrogens (primary N) is 1. The molecule has 0 aromatic heterocycles. The van der Waals surface area contributed by atoms with Gasteiger partial charge in [-0.3, -0.25) is 0 Å². The van der Waals surface area contributed by atoms with Crippen molar-refractivity contribution >= 4 is 11.7 Å². The van der Waals surface area contributed by atoms with Crippen LogP contribution in [0.2, 0.25) is 0 Å². The highest BCUT2D eigenvalue weighted by Gasteiger charge is 2.42. The molecule has 0 radical (unpaired) electrons. The van der Waals surface area contributed by atoms with Crippen LogP contribution in [0.15, 0.2) is 18.2 Å². The number of hydrogen-bond donors (Lipinski definition) is 1. The maximum absolute atomic E-state index is 13.4. The minimum Gasteiger partial charge on any atom is -0.459 e. The molecule has 2 heterocycles. The summed E-state index contributed by atoms with van der Waals surface area (Å²) in [6.45, 7) is 1.75. The quantitative estimate of drug-likeness (QED) is 0.666. The van der Waals surface area contributed by atoms with Gasteiger partial charge in [0.15, 0.2) is 0 Å². The maximum atomic E-state index is 13.4. The first kappa shape index (κ1) is 14.3. The third kappa shape index (κ3) is 3.01. The lowest BCUT2D eigenvalue weighted by atomic mass is 9.91. The zero-order valence-electron chi connectivity index (χ0n) is 11.6. The zero-order chi connectivity index (χ0) is 14.9. The molecule has 1 aromatic carbocycles. The van der Waals surface area contributed by atoms with Crippen molar-refractivity contribution in [3.05, 3.63) is 29.6 Å². The Morgan fingerprint density at radius 2 is 2.29 bits per heavy atom. The summed E-state index contributed by atoms with van der Waals surface area (Å²) in [5, 5.41) is 0. The van der Waals surface area contributed by atoms with E-state index in [1.165, 1.54) is 12.1 Å². The molecule has 0 amide bonds. The van der Waals surface area contributed by atoms with Gasteiger partial charge in [-0.25, -0.2) is 9.18 Å². The van der Waals surface area contributed by atoms with E-state index in [2.05, 4.69) is 0 Å². The summed E-state index contributed by atoms with van der Waals surface area (Å²) in [7, 11) is 0. The van der Waals surface area contributed by atoms with Crippen LogP contribution in [0.5, 0.6) is 0 Å². The number of rotatable bonds is 2. The van der Waals surface area contributed by atoms with E-state index in [1.54, 1.807) is 0 Å². The molecule has 114 valence electrons. The molecular weight excluding hydrogens is 277 g/mol. The van der Waals surface area contributed by atoms with Crippen LogP contribution < -0.4 is 5.73 Å². The van der Waals surface area contributed by atoms with Gasteiger partial charge in [-0.1, -0.05) is 0 Å². The van der Waals surface area contributed by atoms with Crippen molar-refractivity contribution in [2.24, 2.45) is 0 Å². The van der Waals surface area contributed by atoms with Crippen LogP contribution in [0.1, 0.15) is 29.6 Å². The average Bonchev–Trinajstić information content (AvgIpc) is 2.89. The van der Waals surface area contributed by atoms with E-state index in [0.29, 0.717) is 32.7 Å². The molecule has 21 heavy (non-hydrogen) atoms. The van der Waals surface area contributed by atoms with Crippen molar-refractivity contribution in [3.63, 3.8) is 0 Å². The van der Waals surface area contributed by atoms with E-state index in [4.69, 9.17) is 19.9 Å². The first-order valence-corrected chi connectivity index (χ1v) is 7.06. The molecule has 2 atom stereocenters. The number of anilines is 1. The fourth-order valence-corrected chi connectivity index (χ4v) is 2.82. The summed E-state index contributed by atoms with van der Waals surface area (Å²) in [5.74, 6) is -1.15. The van der Waals surface area contributed by atoms with Crippen LogP contribution in [-0.2, 0) is 14.2 Å². The number of esters is 1. The summed E-state index contributed by atoms with van der Waals surface area (Å²) < 4.78 is 30.0. The standard InChI is InChI=1S/C15H18FNO4/c16-12-7-10(1-2-13(12)17)14(18)21-11-3-5-20-15(8-11)4-6-19-9-15/h1-2,7,11H,3-6,8-9,17H2. The van der Waals surface area contributed by atoms with Crippen molar-refractivity contribution < 1.29 is 23.4 Å². The number of hydrogen-bond acceptors (Lipinski definition) is 5. The van der Waals surface area contributed by atoms with E-state index in [0.717, 1.165) is 12.5 Å². The topological polar surface area (TPSA) is 70.8 Å². The fraction of sp³-hybridized carbons (Fsp3) is 0.533. The summed E-state index contributed by atoms with van der Waals surface area (Å²) in [4.78, 5) is 12.1. The number of carbonyl (C=O) groups is 1. The van der Waals surface area contributed by atoms with Gasteiger partial charge in [0.1, 0.15) is 11.9 Å². The second-order valence-corrected chi connectivity index (χ2v) is 5.59. The van der Waals surface area contributed by atoms with Crippen molar-refractivity contribution in [2.45, 2.75) is 31.0 Å². The second kappa shape index (κ2) is 5.61. The molecule has 0 aliphatic carbocycles. The molecule has 2 unspecified atom stereocenters. The normalized spacial score (nSPS) is 28.7. The lowest BCUT2D eigenvalue weighted by Crippen LogP contribution is -2.43. The molecule has 2 aliphatic rings. The monoisotopic (exact) mass is 295 g/mol. The lowest BCUT2D eigenvalue weighted by molar-refractivity contribution is -0.120. The van der Waals surface area contributed by atoms with Gasteiger partial charge < -0.3 is 19.9 Å². The van der Waals surface area contributed by atoms with Gasteiger partial charge in [0.25, 0.3) is 0 Å². The van der Waals surface area contributed by atoms with Crippen LogP contribution in [0.25, 0.3) is 0 Å². The highest BCUT2D eigenvalue weighted by atomic mass is 19.1. The molecule has 0 bridgehead atoms. The first-order valence-electron chi connectivity index (χ1n) is 7.06. The van der Waals surface area contributed by atoms with E-state index in [1.807, 2.05) is 0 Å². The van der Waals surface area contributed by atoms with Gasteiger partial charge in [-0.2, -0.15) is 0 Å². The van der Waals surface area contributed by atoms with Gasteiger partial charge in [0, 0.05) is 25.9 Å². The lowest BCUT2D eigenvalue weighted by Gasteiger charge is -2.36. The number of halogens is 1. The molecular formula is C15H18FNO4. The fourth-order valence-electron chi connectivity index (χ4n) is 2.82. The predicted molar refractivity (Wildman–Crippen MR) is 73.4 cm³/mol. The van der Waals surface area contributed by atoms with Crippen LogP contribution in [0, 0.1) is 5.82 Å². The van der Waals surface area contributed by atoms with Gasteiger partial charge in [0.05, 0.1) is 30.1 Å². The van der Waals surface area contributed by atoms with Gasteiger partial charge in [-0.05, 0) is 18.2 Å². The molecule has 5 nitrogen and oxygen atoms in total. The second-order valence-electron chi connectivity index (χ2n) is 5.59. The number of ether oxygens (including phenoxy) is 3. The van der Waals surface area contributed by atoms with Crippen molar-refractivity contribution in [2.75, 3.05) is 25.6 Å². The molecule has 2 N–H and O–H groups in total. The van der Waals surface area contributed by atoms with Crippen LogP contribution >= 0.6 is 0 Å². The Bertz CT molecular complexity index is 542. The Balaban J connectivity index is 1.65. The molecule has 1 aromatic rings. The van der Waals surface area contributed by atoms with E-state index in [9.17, 15) is 9.18 Å². The molecule has 0 saturated carbocycles. The summed E-state index contributed by atoms with van der Waals surface area (Å²) in [6, 6.07) is 3.93. The predicted octanol–water partition coefficient (Wildman–Crippen LogP) is 1.90. The number of nitrogen functional groups attached to an aromatic ring is 1. The van der Waals surface area contributed by atoms with Crippen molar-refractivity contribution in [1.29, 1.82) is 0 Å². The van der Waals surface area contributed by atoms with Gasteiger partial charge in [-0.15, -0.1) is 0 Å². The SMILES string of the molecule is Nc1ccc(C(=O)OC2CCOC3(CCOC3)C2)cc1F. The first-order chi connectivity index (χ1) is 10.1. The van der Waals surface area contributed by atoms with E-state index < -0.39 is 11.8 Å². The minimum absolute atomic E-state index is 0.0136. The molecule has 1 spiro atoms. The Kier molecular flexibility index (Phi) is 3.82. The van der Waals surface area contributed by atoms with Crippen molar-refractivity contribution in [3.8, 4) is 0 Å². The maximum Gasteiger partial charge on any atom is 0.338 e. The Morgan fingerprint density at radius 3 is 3.00 bits per heavy atom. The summed E-state index contributed by atoms with van der Waals surface area (Å²) >= 11 is 0.